The lowest BCUT2D eigenvalue weighted by Crippen LogP contribution is -2.43. The van der Waals surface area contributed by atoms with Crippen molar-refractivity contribution in [2.75, 3.05) is 0 Å². The molecule has 0 N–H and O–H groups in total. The first kappa shape index (κ1) is 27.2. The van der Waals surface area contributed by atoms with Gasteiger partial charge in [-0.15, -0.1) is 0 Å². The van der Waals surface area contributed by atoms with Crippen LogP contribution in [0.4, 0.5) is 0 Å². The topological polar surface area (TPSA) is 52.6 Å². The van der Waals surface area contributed by atoms with Gasteiger partial charge in [-0.3, -0.25) is 0 Å². The van der Waals surface area contributed by atoms with Crippen LogP contribution in [0.2, 0.25) is 0 Å². The molecule has 0 aromatic heterocycles. The highest BCUT2D eigenvalue weighted by atomic mass is 16.6. The Labute approximate surface area is 190 Å². The summed E-state index contributed by atoms with van der Waals surface area (Å²) in [5, 5.41) is 0. The number of aryl methyl sites for hydroxylation is 1. The summed E-state index contributed by atoms with van der Waals surface area (Å²) in [5.41, 5.74) is 0.243. The summed E-state index contributed by atoms with van der Waals surface area (Å²) >= 11 is 0. The Morgan fingerprint density at radius 3 is 1.35 bits per heavy atom. The molecule has 4 heteroatoms. The Hall–Kier alpha value is -1.84. The van der Waals surface area contributed by atoms with Crippen LogP contribution < -0.4 is 0 Å². The summed E-state index contributed by atoms with van der Waals surface area (Å²) in [6, 6.07) is 5.25. The molecule has 1 rings (SSSR count). The molecule has 0 amide bonds. The Morgan fingerprint density at radius 1 is 0.645 bits per heavy atom. The average molecular weight is 433 g/mol. The SMILES string of the molecule is Cc1cccc(C(=O)OC(C(C)(C)C)C(C)(C)C)c1C(=O)OC(C(C)(C)C)C(C)(C)C. The molecule has 0 heterocycles. The average Bonchev–Trinajstić information content (AvgIpc) is 2.52. The van der Waals surface area contributed by atoms with Gasteiger partial charge in [0.1, 0.15) is 12.2 Å². The van der Waals surface area contributed by atoms with Gasteiger partial charge >= 0.3 is 11.9 Å². The number of benzene rings is 1. The molecule has 31 heavy (non-hydrogen) atoms. The van der Waals surface area contributed by atoms with Gasteiger partial charge in [0.25, 0.3) is 0 Å². The number of rotatable bonds is 4. The number of ether oxygens (including phenoxy) is 2. The van der Waals surface area contributed by atoms with Crippen molar-refractivity contribution in [2.24, 2.45) is 21.7 Å². The molecule has 0 fully saturated rings. The predicted octanol–water partition coefficient (Wildman–Crippen LogP) is 7.23. The number of carbonyl (C=O) groups is 2. The third-order valence-corrected chi connectivity index (χ3v) is 5.29. The maximum atomic E-state index is 13.3. The van der Waals surface area contributed by atoms with Crippen molar-refractivity contribution in [3.63, 3.8) is 0 Å². The molecule has 0 atom stereocenters. The fraction of sp³-hybridized carbons (Fsp3) is 0.704. The molecule has 1 aromatic carbocycles. The second kappa shape index (κ2) is 8.96. The first-order valence-corrected chi connectivity index (χ1v) is 11.2. The summed E-state index contributed by atoms with van der Waals surface area (Å²) in [4.78, 5) is 26.6. The van der Waals surface area contributed by atoms with Gasteiger partial charge in [0.2, 0.25) is 0 Å². The molecule has 0 aliphatic rings. The van der Waals surface area contributed by atoms with Gasteiger partial charge in [-0.05, 0) is 40.2 Å². The van der Waals surface area contributed by atoms with Crippen LogP contribution in [-0.4, -0.2) is 24.1 Å². The first-order chi connectivity index (χ1) is 13.7. The van der Waals surface area contributed by atoms with Crippen molar-refractivity contribution >= 4 is 11.9 Å². The van der Waals surface area contributed by atoms with E-state index >= 15 is 0 Å². The van der Waals surface area contributed by atoms with Crippen LogP contribution in [0.25, 0.3) is 0 Å². The monoisotopic (exact) mass is 432 g/mol. The van der Waals surface area contributed by atoms with Gasteiger partial charge in [-0.2, -0.15) is 0 Å². The Kier molecular flexibility index (Phi) is 7.86. The summed E-state index contributed by atoms with van der Waals surface area (Å²) in [6.07, 6.45) is -0.651. The molecule has 0 saturated heterocycles. The highest BCUT2D eigenvalue weighted by molar-refractivity contribution is 6.04. The second-order valence-corrected chi connectivity index (χ2v) is 13.0. The van der Waals surface area contributed by atoms with Crippen LogP contribution in [0.3, 0.4) is 0 Å². The Morgan fingerprint density at radius 2 is 1.00 bits per heavy atom. The van der Waals surface area contributed by atoms with E-state index in [2.05, 4.69) is 83.1 Å². The maximum absolute atomic E-state index is 13.3. The first-order valence-electron chi connectivity index (χ1n) is 11.2. The number of esters is 2. The number of hydrogen-bond acceptors (Lipinski definition) is 4. The normalized spacial score (nSPS) is 13.5. The van der Waals surface area contributed by atoms with Gasteiger partial charge in [0.15, 0.2) is 0 Å². The Balaban J connectivity index is 3.39. The lowest BCUT2D eigenvalue weighted by molar-refractivity contribution is -0.0542. The zero-order valence-electron chi connectivity index (χ0n) is 22.0. The maximum Gasteiger partial charge on any atom is 0.339 e. The van der Waals surface area contributed by atoms with Gasteiger partial charge in [0.05, 0.1) is 11.1 Å². The minimum absolute atomic E-state index is 0.248. The van der Waals surface area contributed by atoms with Crippen LogP contribution in [0.1, 0.15) is 109 Å². The smallest absolute Gasteiger partial charge is 0.339 e. The van der Waals surface area contributed by atoms with Crippen LogP contribution in [0, 0.1) is 28.6 Å². The molecular formula is C27H44O4. The third-order valence-electron chi connectivity index (χ3n) is 5.29. The number of carbonyl (C=O) groups excluding carboxylic acids is 2. The lowest BCUT2D eigenvalue weighted by atomic mass is 9.74. The van der Waals surface area contributed by atoms with Crippen LogP contribution in [0.5, 0.6) is 0 Å². The summed E-state index contributed by atoms with van der Waals surface area (Å²) in [6.45, 7) is 26.5. The van der Waals surface area contributed by atoms with Gasteiger partial charge in [-0.1, -0.05) is 95.2 Å². The molecular weight excluding hydrogens is 388 g/mol. The van der Waals surface area contributed by atoms with Crippen molar-refractivity contribution in [2.45, 2.75) is 102 Å². The van der Waals surface area contributed by atoms with Crippen LogP contribution in [0.15, 0.2) is 18.2 Å². The van der Waals surface area contributed by atoms with E-state index in [-0.39, 0.29) is 45.0 Å². The van der Waals surface area contributed by atoms with E-state index in [0.717, 1.165) is 0 Å². The van der Waals surface area contributed by atoms with E-state index in [0.29, 0.717) is 5.56 Å². The zero-order valence-corrected chi connectivity index (χ0v) is 22.0. The quantitative estimate of drug-likeness (QED) is 0.471. The molecule has 0 aliphatic heterocycles. The minimum atomic E-state index is -0.492. The van der Waals surface area contributed by atoms with Crippen molar-refractivity contribution < 1.29 is 19.1 Å². The fourth-order valence-electron chi connectivity index (χ4n) is 4.75. The van der Waals surface area contributed by atoms with E-state index in [1.54, 1.807) is 12.1 Å². The molecule has 4 nitrogen and oxygen atoms in total. The summed E-state index contributed by atoms with van der Waals surface area (Å²) in [5.74, 6) is -0.975. The van der Waals surface area contributed by atoms with E-state index in [1.165, 1.54) is 0 Å². The molecule has 0 bridgehead atoms. The van der Waals surface area contributed by atoms with Crippen molar-refractivity contribution in [1.82, 2.24) is 0 Å². The van der Waals surface area contributed by atoms with Gasteiger partial charge in [0, 0.05) is 0 Å². The highest BCUT2D eigenvalue weighted by Crippen LogP contribution is 2.38. The molecule has 0 saturated carbocycles. The number of hydrogen-bond donors (Lipinski definition) is 0. The molecule has 0 spiro atoms. The Bertz CT molecular complexity index is 764. The zero-order chi connectivity index (χ0) is 24.6. The summed E-state index contributed by atoms with van der Waals surface area (Å²) < 4.78 is 12.0. The highest BCUT2D eigenvalue weighted by Gasteiger charge is 2.41. The standard InChI is InChI=1S/C27H44O4/c1-17-15-14-16-18(20(28)30-22(24(2,3)4)25(5,6)7)19(17)21(29)31-23(26(8,9)10)27(11,12)13/h14-16,22-23H,1-13H3. The lowest BCUT2D eigenvalue weighted by Gasteiger charge is -2.40. The van der Waals surface area contributed by atoms with E-state index in [4.69, 9.17) is 9.47 Å². The third kappa shape index (κ3) is 7.08. The van der Waals surface area contributed by atoms with E-state index < -0.39 is 11.9 Å². The minimum Gasteiger partial charge on any atom is -0.458 e. The molecule has 1 aromatic rings. The van der Waals surface area contributed by atoms with Crippen molar-refractivity contribution in [3.8, 4) is 0 Å². The van der Waals surface area contributed by atoms with Gasteiger partial charge < -0.3 is 9.47 Å². The van der Waals surface area contributed by atoms with E-state index in [1.807, 2.05) is 13.0 Å². The summed E-state index contributed by atoms with van der Waals surface area (Å²) in [7, 11) is 0. The molecule has 176 valence electrons. The van der Waals surface area contributed by atoms with Crippen molar-refractivity contribution in [3.05, 3.63) is 34.9 Å². The van der Waals surface area contributed by atoms with Crippen LogP contribution >= 0.6 is 0 Å². The predicted molar refractivity (Wildman–Crippen MR) is 127 cm³/mol. The second-order valence-electron chi connectivity index (χ2n) is 13.0. The molecule has 0 unspecified atom stereocenters. The van der Waals surface area contributed by atoms with Gasteiger partial charge in [-0.25, -0.2) is 9.59 Å². The van der Waals surface area contributed by atoms with E-state index in [9.17, 15) is 9.59 Å². The van der Waals surface area contributed by atoms with Crippen molar-refractivity contribution in [1.29, 1.82) is 0 Å². The fourth-order valence-corrected chi connectivity index (χ4v) is 4.75. The molecule has 0 aliphatic carbocycles. The largest absolute Gasteiger partial charge is 0.458 e. The molecule has 0 radical (unpaired) electrons. The van der Waals surface area contributed by atoms with Crippen LogP contribution in [-0.2, 0) is 9.47 Å².